The van der Waals surface area contributed by atoms with E-state index in [1.54, 1.807) is 0 Å². The molecule has 19 heavy (non-hydrogen) atoms. The molecule has 0 atom stereocenters. The van der Waals surface area contributed by atoms with Gasteiger partial charge in [0.15, 0.2) is 0 Å². The van der Waals surface area contributed by atoms with Gasteiger partial charge in [-0.05, 0) is 37.6 Å². The van der Waals surface area contributed by atoms with E-state index in [4.69, 9.17) is 4.98 Å². The average Bonchev–Trinajstić information content (AvgIpc) is 2.97. The van der Waals surface area contributed by atoms with Crippen molar-refractivity contribution >= 4 is 32.9 Å². The Bertz CT molecular complexity index is 722. The fourth-order valence-electron chi connectivity index (χ4n) is 2.73. The van der Waals surface area contributed by atoms with Crippen molar-refractivity contribution in [1.82, 2.24) is 10.3 Å². The van der Waals surface area contributed by atoms with E-state index in [2.05, 4.69) is 36.5 Å². The molecule has 1 aliphatic rings. The second-order valence-electron chi connectivity index (χ2n) is 4.85. The van der Waals surface area contributed by atoms with Crippen LogP contribution in [0.25, 0.3) is 20.8 Å². The Hall–Kier alpha value is -1.23. The lowest BCUT2D eigenvalue weighted by molar-refractivity contribution is 0.655. The largest absolute Gasteiger partial charge is 0.312 e. The van der Waals surface area contributed by atoms with Crippen molar-refractivity contribution in [3.05, 3.63) is 39.6 Å². The van der Waals surface area contributed by atoms with Crippen LogP contribution < -0.4 is 5.32 Å². The predicted octanol–water partition coefficient (Wildman–Crippen LogP) is 3.98. The molecule has 3 aromatic rings. The van der Waals surface area contributed by atoms with Crippen LogP contribution in [-0.4, -0.2) is 11.5 Å². The molecule has 0 unspecified atom stereocenters. The van der Waals surface area contributed by atoms with Crippen LogP contribution in [0.5, 0.6) is 0 Å². The van der Waals surface area contributed by atoms with Crippen molar-refractivity contribution < 1.29 is 0 Å². The Morgan fingerprint density at radius 3 is 3.00 bits per heavy atom. The summed E-state index contributed by atoms with van der Waals surface area (Å²) in [6, 6.07) is 8.41. The standard InChI is InChI=1S/C15H14N2S2/c1-9-14(10-6-7-16-8-13(10)18-9)15-17-11-4-2-3-5-12(11)19-15/h2-5,16H,6-8H2,1H3. The molecule has 0 fully saturated rings. The van der Waals surface area contributed by atoms with Crippen molar-refractivity contribution in [2.75, 3.05) is 6.54 Å². The first-order valence-corrected chi connectivity index (χ1v) is 8.14. The van der Waals surface area contributed by atoms with Crippen molar-refractivity contribution in [2.24, 2.45) is 0 Å². The van der Waals surface area contributed by atoms with Crippen LogP contribution in [0, 0.1) is 6.92 Å². The molecule has 0 aliphatic carbocycles. The van der Waals surface area contributed by atoms with E-state index in [0.717, 1.165) is 25.0 Å². The van der Waals surface area contributed by atoms with Gasteiger partial charge in [0.05, 0.1) is 10.2 Å². The summed E-state index contributed by atoms with van der Waals surface area (Å²) < 4.78 is 1.28. The zero-order valence-corrected chi connectivity index (χ0v) is 12.3. The molecular formula is C15H14N2S2. The zero-order chi connectivity index (χ0) is 12.8. The topological polar surface area (TPSA) is 24.9 Å². The summed E-state index contributed by atoms with van der Waals surface area (Å²) in [6.45, 7) is 4.33. The summed E-state index contributed by atoms with van der Waals surface area (Å²) in [5, 5.41) is 4.65. The molecule has 0 spiro atoms. The number of para-hydroxylation sites is 1. The van der Waals surface area contributed by atoms with Gasteiger partial charge >= 0.3 is 0 Å². The molecule has 0 radical (unpaired) electrons. The molecular weight excluding hydrogens is 272 g/mol. The van der Waals surface area contributed by atoms with Crippen LogP contribution in [-0.2, 0) is 13.0 Å². The number of thiophene rings is 1. The van der Waals surface area contributed by atoms with Gasteiger partial charge in [0.1, 0.15) is 5.01 Å². The Morgan fingerprint density at radius 1 is 1.21 bits per heavy atom. The average molecular weight is 286 g/mol. The van der Waals surface area contributed by atoms with Crippen LogP contribution >= 0.6 is 22.7 Å². The zero-order valence-electron chi connectivity index (χ0n) is 10.7. The summed E-state index contributed by atoms with van der Waals surface area (Å²) in [7, 11) is 0. The van der Waals surface area contributed by atoms with Crippen molar-refractivity contribution in [1.29, 1.82) is 0 Å². The second kappa shape index (κ2) is 4.40. The molecule has 0 saturated carbocycles. The number of nitrogens with zero attached hydrogens (tertiary/aromatic N) is 1. The number of rotatable bonds is 1. The molecule has 4 rings (SSSR count). The third-order valence-electron chi connectivity index (χ3n) is 3.61. The third-order valence-corrected chi connectivity index (χ3v) is 5.81. The summed E-state index contributed by atoms with van der Waals surface area (Å²) in [5.41, 5.74) is 4.05. The minimum absolute atomic E-state index is 1.02. The maximum atomic E-state index is 4.83. The van der Waals surface area contributed by atoms with Crippen molar-refractivity contribution in [2.45, 2.75) is 19.9 Å². The highest BCUT2D eigenvalue weighted by atomic mass is 32.1. The number of hydrogen-bond acceptors (Lipinski definition) is 4. The van der Waals surface area contributed by atoms with Gasteiger partial charge in [-0.2, -0.15) is 0 Å². The molecule has 96 valence electrons. The molecule has 0 amide bonds. The fourth-order valence-corrected chi connectivity index (χ4v) is 5.08. The van der Waals surface area contributed by atoms with E-state index in [0.29, 0.717) is 0 Å². The van der Waals surface area contributed by atoms with E-state index in [9.17, 15) is 0 Å². The van der Waals surface area contributed by atoms with Gasteiger partial charge in [-0.15, -0.1) is 22.7 Å². The summed E-state index contributed by atoms with van der Waals surface area (Å²) in [6.07, 6.45) is 1.13. The molecule has 1 N–H and O–H groups in total. The highest BCUT2D eigenvalue weighted by Gasteiger charge is 2.21. The molecule has 2 aromatic heterocycles. The van der Waals surface area contributed by atoms with Crippen molar-refractivity contribution in [3.63, 3.8) is 0 Å². The number of nitrogens with one attached hydrogen (secondary N) is 1. The number of aromatic nitrogens is 1. The second-order valence-corrected chi connectivity index (χ2v) is 7.19. The lowest BCUT2D eigenvalue weighted by Gasteiger charge is -2.13. The Labute approximate surface area is 120 Å². The minimum atomic E-state index is 1.02. The third kappa shape index (κ3) is 1.83. The lowest BCUT2D eigenvalue weighted by atomic mass is 10.0. The predicted molar refractivity (Wildman–Crippen MR) is 83.1 cm³/mol. The normalized spacial score (nSPS) is 14.8. The molecule has 4 heteroatoms. The van der Waals surface area contributed by atoms with Gasteiger partial charge in [-0.1, -0.05) is 12.1 Å². The first-order valence-electron chi connectivity index (χ1n) is 6.51. The smallest absolute Gasteiger partial charge is 0.126 e. The number of aryl methyl sites for hydroxylation is 1. The Balaban J connectivity index is 1.94. The van der Waals surface area contributed by atoms with E-state index < -0.39 is 0 Å². The first-order chi connectivity index (χ1) is 9.33. The first kappa shape index (κ1) is 11.6. The summed E-state index contributed by atoms with van der Waals surface area (Å²) in [5.74, 6) is 0. The maximum Gasteiger partial charge on any atom is 0.126 e. The highest BCUT2D eigenvalue weighted by molar-refractivity contribution is 7.22. The Morgan fingerprint density at radius 2 is 2.11 bits per heavy atom. The summed E-state index contributed by atoms with van der Waals surface area (Å²) >= 11 is 3.74. The number of benzene rings is 1. The van der Waals surface area contributed by atoms with Crippen LogP contribution in [0.15, 0.2) is 24.3 Å². The molecule has 1 aliphatic heterocycles. The molecule has 1 aromatic carbocycles. The van der Waals surface area contributed by atoms with Gasteiger partial charge in [0.25, 0.3) is 0 Å². The highest BCUT2D eigenvalue weighted by Crippen LogP contribution is 2.40. The quantitative estimate of drug-likeness (QED) is 0.732. The van der Waals surface area contributed by atoms with Gasteiger partial charge in [-0.3, -0.25) is 0 Å². The summed E-state index contributed by atoms with van der Waals surface area (Å²) in [4.78, 5) is 7.74. The van der Waals surface area contributed by atoms with Crippen molar-refractivity contribution in [3.8, 4) is 10.6 Å². The van der Waals surface area contributed by atoms with E-state index >= 15 is 0 Å². The van der Waals surface area contributed by atoms with Gasteiger partial charge in [0.2, 0.25) is 0 Å². The van der Waals surface area contributed by atoms with Crippen LogP contribution in [0.1, 0.15) is 15.3 Å². The SMILES string of the molecule is Cc1sc2c(c1-c1nc3ccccc3s1)CCNC2. The van der Waals surface area contributed by atoms with Gasteiger partial charge in [0, 0.05) is 21.9 Å². The van der Waals surface area contributed by atoms with E-state index in [-0.39, 0.29) is 0 Å². The number of fused-ring (bicyclic) bond motifs is 2. The van der Waals surface area contributed by atoms with E-state index in [1.165, 1.54) is 30.6 Å². The number of thiazole rings is 1. The van der Waals surface area contributed by atoms with Gasteiger partial charge < -0.3 is 5.32 Å². The minimum Gasteiger partial charge on any atom is -0.312 e. The fraction of sp³-hybridized carbons (Fsp3) is 0.267. The molecule has 2 nitrogen and oxygen atoms in total. The van der Waals surface area contributed by atoms with Crippen LogP contribution in [0.4, 0.5) is 0 Å². The monoisotopic (exact) mass is 286 g/mol. The Kier molecular flexibility index (Phi) is 2.69. The van der Waals surface area contributed by atoms with E-state index in [1.807, 2.05) is 22.7 Å². The molecule has 0 bridgehead atoms. The number of hydrogen-bond donors (Lipinski definition) is 1. The molecule has 3 heterocycles. The maximum absolute atomic E-state index is 4.83. The van der Waals surface area contributed by atoms with Gasteiger partial charge in [-0.25, -0.2) is 4.98 Å². The van der Waals surface area contributed by atoms with Crippen LogP contribution in [0.2, 0.25) is 0 Å². The van der Waals surface area contributed by atoms with Crippen LogP contribution in [0.3, 0.4) is 0 Å². The lowest BCUT2D eigenvalue weighted by Crippen LogP contribution is -2.22. The molecule has 0 saturated heterocycles.